The van der Waals surface area contributed by atoms with Crippen LogP contribution >= 0.6 is 11.3 Å². The lowest BCUT2D eigenvalue weighted by Crippen LogP contribution is -2.74. The van der Waals surface area contributed by atoms with Crippen molar-refractivity contribution in [1.82, 2.24) is 4.57 Å². The van der Waals surface area contributed by atoms with E-state index in [0.29, 0.717) is 0 Å². The number of hydrogen-bond donors (Lipinski definition) is 0. The zero-order valence-corrected chi connectivity index (χ0v) is 36.0. The van der Waals surface area contributed by atoms with Crippen molar-refractivity contribution in [3.63, 3.8) is 0 Å². The summed E-state index contributed by atoms with van der Waals surface area (Å²) in [5.74, 6) is 0. The Morgan fingerprint density at radius 1 is 0.441 bits per heavy atom. The van der Waals surface area contributed by atoms with Crippen LogP contribution < -0.4 is 20.7 Å². The van der Waals surface area contributed by atoms with Gasteiger partial charge in [-0.3, -0.25) is 0 Å². The van der Waals surface area contributed by atoms with Gasteiger partial charge >= 0.3 is 0 Å². The van der Waals surface area contributed by atoms with E-state index in [1.165, 1.54) is 104 Å². The average Bonchev–Trinajstić information content (AvgIpc) is 3.82. The SMILES string of the molecule is CC1(C)CCC(C)(C)c2cc([Si](c3ccccc3)(c3ccccc3)c3ccc(-n4c5ccccc5c5ccc(-c6cccc7c6sc6ccccc67)cc54)cc3)ccc21. The standard InChI is InChI=1S/C56H47NSSi/c1-55(2)34-35-56(3,4)50-37-43(31-33-49(50)55)59(40-16-7-5-8-17-40,41-18-9-6-10-19-41)42-29-27-39(28-30-42)57-51-24-13-11-20-45(51)46-32-26-38(36-52(46)57)44-22-15-23-48-47-21-12-14-25-53(47)58-54(44)48/h5-33,36-37H,34-35H2,1-4H3. The Kier molecular flexibility index (Phi) is 8.28. The molecule has 0 unspecified atom stereocenters. The van der Waals surface area contributed by atoms with Gasteiger partial charge in [-0.05, 0) is 97.0 Å². The first-order chi connectivity index (χ1) is 28.7. The fourth-order valence-corrected chi connectivity index (χ4v) is 16.4. The van der Waals surface area contributed by atoms with Gasteiger partial charge in [0.2, 0.25) is 0 Å². The Morgan fingerprint density at radius 3 is 1.75 bits per heavy atom. The van der Waals surface area contributed by atoms with Crippen LogP contribution in [0.25, 0.3) is 58.8 Å². The second kappa shape index (κ2) is 13.5. The molecule has 1 nitrogen and oxygen atoms in total. The van der Waals surface area contributed by atoms with Crippen molar-refractivity contribution < 1.29 is 0 Å². The number of aromatic nitrogens is 1. The van der Waals surface area contributed by atoms with Crippen molar-refractivity contribution >= 4 is 82.1 Å². The van der Waals surface area contributed by atoms with Gasteiger partial charge in [-0.2, -0.15) is 0 Å². The maximum absolute atomic E-state index is 2.78. The summed E-state index contributed by atoms with van der Waals surface area (Å²) in [6.07, 6.45) is 2.40. The van der Waals surface area contributed by atoms with E-state index in [9.17, 15) is 0 Å². The number of thiophene rings is 1. The summed E-state index contributed by atoms with van der Waals surface area (Å²) < 4.78 is 5.16. The molecule has 0 spiro atoms. The Morgan fingerprint density at radius 2 is 1.02 bits per heavy atom. The van der Waals surface area contributed by atoms with Crippen molar-refractivity contribution in [3.8, 4) is 16.8 Å². The summed E-state index contributed by atoms with van der Waals surface area (Å²) >= 11 is 1.90. The van der Waals surface area contributed by atoms with Crippen molar-refractivity contribution in [2.45, 2.75) is 51.4 Å². The predicted octanol–water partition coefficient (Wildman–Crippen LogP) is 12.5. The van der Waals surface area contributed by atoms with Gasteiger partial charge in [-0.1, -0.05) is 185 Å². The van der Waals surface area contributed by atoms with E-state index in [4.69, 9.17) is 0 Å². The highest BCUT2D eigenvalue weighted by atomic mass is 32.1. The van der Waals surface area contributed by atoms with Gasteiger partial charge in [-0.25, -0.2) is 0 Å². The second-order valence-corrected chi connectivity index (χ2v) is 22.8. The number of hydrogen-bond acceptors (Lipinski definition) is 1. The Balaban J connectivity index is 1.13. The van der Waals surface area contributed by atoms with Gasteiger partial charge < -0.3 is 4.57 Å². The van der Waals surface area contributed by atoms with Gasteiger partial charge in [0.25, 0.3) is 0 Å². The van der Waals surface area contributed by atoms with E-state index < -0.39 is 8.07 Å². The molecule has 1 aliphatic carbocycles. The van der Waals surface area contributed by atoms with Crippen LogP contribution in [0, 0.1) is 0 Å². The lowest BCUT2D eigenvalue weighted by molar-refractivity contribution is 0.332. The fraction of sp³-hybridized carbons (Fsp3) is 0.143. The van der Waals surface area contributed by atoms with Gasteiger partial charge in [0, 0.05) is 36.6 Å². The van der Waals surface area contributed by atoms with E-state index in [1.54, 1.807) is 0 Å². The zero-order valence-electron chi connectivity index (χ0n) is 34.2. The molecule has 0 aliphatic heterocycles. The first-order valence-corrected chi connectivity index (χ1v) is 23.9. The van der Waals surface area contributed by atoms with Crippen molar-refractivity contribution in [2.75, 3.05) is 0 Å². The second-order valence-electron chi connectivity index (χ2n) is 17.9. The highest BCUT2D eigenvalue weighted by Gasteiger charge is 2.44. The van der Waals surface area contributed by atoms with Gasteiger partial charge in [0.1, 0.15) is 0 Å². The molecule has 0 saturated carbocycles. The van der Waals surface area contributed by atoms with E-state index in [1.807, 2.05) is 11.3 Å². The van der Waals surface area contributed by atoms with Crippen LogP contribution in [0.3, 0.4) is 0 Å². The molecule has 11 rings (SSSR count). The molecule has 0 N–H and O–H groups in total. The summed E-state index contributed by atoms with van der Waals surface area (Å²) in [7, 11) is -2.78. The van der Waals surface area contributed by atoms with Gasteiger partial charge in [0.05, 0.1) is 11.0 Å². The smallest absolute Gasteiger partial charge is 0.179 e. The summed E-state index contributed by atoms with van der Waals surface area (Å²) in [4.78, 5) is 0. The molecule has 8 aromatic carbocycles. The van der Waals surface area contributed by atoms with E-state index in [0.717, 1.165) is 0 Å². The molecule has 0 bridgehead atoms. The predicted molar refractivity (Wildman–Crippen MR) is 258 cm³/mol. The highest BCUT2D eigenvalue weighted by molar-refractivity contribution is 7.26. The molecule has 0 fully saturated rings. The van der Waals surface area contributed by atoms with E-state index in [-0.39, 0.29) is 10.8 Å². The summed E-state index contributed by atoms with van der Waals surface area (Å²) in [5.41, 5.74) is 9.44. The molecule has 3 heteroatoms. The quantitative estimate of drug-likeness (QED) is 0.117. The fourth-order valence-electron chi connectivity index (χ4n) is 10.4. The molecule has 2 heterocycles. The summed E-state index contributed by atoms with van der Waals surface area (Å²) in [6.45, 7) is 9.77. The van der Waals surface area contributed by atoms with Crippen LogP contribution in [0.4, 0.5) is 0 Å². The van der Waals surface area contributed by atoms with E-state index in [2.05, 4.69) is 220 Å². The summed E-state index contributed by atoms with van der Waals surface area (Å²) in [5, 5.41) is 10.9. The number of rotatable bonds is 6. The minimum Gasteiger partial charge on any atom is -0.309 e. The third-order valence-corrected chi connectivity index (χ3v) is 19.6. The topological polar surface area (TPSA) is 4.93 Å². The Labute approximate surface area is 352 Å². The largest absolute Gasteiger partial charge is 0.309 e. The maximum atomic E-state index is 2.63. The lowest BCUT2D eigenvalue weighted by Gasteiger charge is -2.43. The monoisotopic (exact) mass is 793 g/mol. The van der Waals surface area contributed by atoms with Crippen molar-refractivity contribution in [2.24, 2.45) is 0 Å². The molecule has 2 aromatic heterocycles. The number of para-hydroxylation sites is 1. The van der Waals surface area contributed by atoms with Crippen LogP contribution in [0.15, 0.2) is 188 Å². The minimum atomic E-state index is -2.78. The van der Waals surface area contributed by atoms with Crippen LogP contribution in [-0.2, 0) is 10.8 Å². The average molecular weight is 794 g/mol. The van der Waals surface area contributed by atoms with E-state index >= 15 is 0 Å². The normalized spacial score (nSPS) is 14.9. The summed E-state index contributed by atoms with van der Waals surface area (Å²) in [6, 6.07) is 71.6. The maximum Gasteiger partial charge on any atom is 0.179 e. The highest BCUT2D eigenvalue weighted by Crippen LogP contribution is 2.46. The lowest BCUT2D eigenvalue weighted by atomic mass is 9.63. The third-order valence-electron chi connectivity index (χ3n) is 13.6. The van der Waals surface area contributed by atoms with Crippen LogP contribution in [0.1, 0.15) is 51.7 Å². The van der Waals surface area contributed by atoms with Crippen LogP contribution in [0.2, 0.25) is 0 Å². The molecule has 0 radical (unpaired) electrons. The molecular weight excluding hydrogens is 747 g/mol. The molecule has 1 aliphatic rings. The molecule has 10 aromatic rings. The van der Waals surface area contributed by atoms with Crippen LogP contribution in [0.5, 0.6) is 0 Å². The van der Waals surface area contributed by atoms with Gasteiger partial charge in [0.15, 0.2) is 8.07 Å². The Bertz CT molecular complexity index is 3160. The first-order valence-electron chi connectivity index (χ1n) is 21.1. The number of benzene rings is 8. The number of fused-ring (bicyclic) bond motifs is 7. The first kappa shape index (κ1) is 36.1. The van der Waals surface area contributed by atoms with Crippen molar-refractivity contribution in [3.05, 3.63) is 199 Å². The molecule has 0 saturated heterocycles. The number of nitrogens with zero attached hydrogens (tertiary/aromatic N) is 1. The van der Waals surface area contributed by atoms with Crippen LogP contribution in [-0.4, -0.2) is 12.6 Å². The molecule has 0 atom stereocenters. The Hall–Kier alpha value is -6.00. The molecule has 286 valence electrons. The molecular formula is C56H47NSSi. The van der Waals surface area contributed by atoms with Crippen molar-refractivity contribution in [1.29, 1.82) is 0 Å². The molecule has 0 amide bonds. The zero-order chi connectivity index (χ0) is 39.9. The van der Waals surface area contributed by atoms with Gasteiger partial charge in [-0.15, -0.1) is 11.3 Å². The third kappa shape index (κ3) is 5.55. The minimum absolute atomic E-state index is 0.107. The molecule has 59 heavy (non-hydrogen) atoms.